The number of aliphatic hydroxyl groups is 2. The maximum Gasteiger partial charge on any atom is 0.266 e. The average Bonchev–Trinajstić information content (AvgIpc) is 2.47. The Morgan fingerprint density at radius 2 is 1.78 bits per heavy atom. The number of methoxy groups -OCH3 is 1. The second kappa shape index (κ2) is 6.34. The number of benzene rings is 1. The monoisotopic (exact) mass is 333 g/mol. The fourth-order valence-corrected chi connectivity index (χ4v) is 1.89. The first kappa shape index (κ1) is 16.9. The smallest absolute Gasteiger partial charge is 0.266 e. The Morgan fingerprint density at radius 1 is 1.13 bits per heavy atom. The predicted molar refractivity (Wildman–Crippen MR) is 70.5 cm³/mol. The molecule has 0 aliphatic rings. The lowest BCUT2D eigenvalue weighted by atomic mass is 10.1. The molecular weight excluding hydrogens is 322 g/mol. The Balaban J connectivity index is 2.65. The molecule has 4 N–H and O–H groups in total. The summed E-state index contributed by atoms with van der Waals surface area (Å²) in [5, 5.41) is 18.5. The molecule has 10 heteroatoms. The number of hydrogen-bond donors (Lipinski definition) is 3. The molecule has 0 saturated carbocycles. The van der Waals surface area contributed by atoms with E-state index in [1.165, 1.54) is 0 Å². The van der Waals surface area contributed by atoms with Gasteiger partial charge in [-0.25, -0.2) is 27.5 Å². The normalized spacial score (nSPS) is 11.3. The SMILES string of the molecule is COc1c(N)nc(-c2cc(F)c(C(F)F)cc2F)nc1C(O)O. The summed E-state index contributed by atoms with van der Waals surface area (Å²) < 4.78 is 57.4. The van der Waals surface area contributed by atoms with Gasteiger partial charge in [-0.1, -0.05) is 0 Å². The highest BCUT2D eigenvalue weighted by Gasteiger charge is 2.23. The Kier molecular flexibility index (Phi) is 4.66. The van der Waals surface area contributed by atoms with E-state index in [1.807, 2.05) is 0 Å². The van der Waals surface area contributed by atoms with Crippen molar-refractivity contribution in [1.29, 1.82) is 0 Å². The molecule has 2 rings (SSSR count). The summed E-state index contributed by atoms with van der Waals surface area (Å²) in [5.41, 5.74) is 3.38. The number of alkyl halides is 2. The van der Waals surface area contributed by atoms with Crippen molar-refractivity contribution >= 4 is 5.82 Å². The van der Waals surface area contributed by atoms with Crippen LogP contribution in [-0.2, 0) is 0 Å². The van der Waals surface area contributed by atoms with Crippen molar-refractivity contribution in [3.05, 3.63) is 35.0 Å². The van der Waals surface area contributed by atoms with Crippen molar-refractivity contribution in [3.63, 3.8) is 0 Å². The van der Waals surface area contributed by atoms with Gasteiger partial charge in [0.25, 0.3) is 6.43 Å². The molecule has 124 valence electrons. The molecule has 0 aliphatic carbocycles. The van der Waals surface area contributed by atoms with Crippen LogP contribution in [0.15, 0.2) is 12.1 Å². The quantitative estimate of drug-likeness (QED) is 0.584. The summed E-state index contributed by atoms with van der Waals surface area (Å²) in [7, 11) is 1.16. The second-order valence-corrected chi connectivity index (χ2v) is 4.38. The number of nitrogens with two attached hydrogens (primary N) is 1. The maximum atomic E-state index is 13.9. The Morgan fingerprint density at radius 3 is 2.30 bits per heavy atom. The summed E-state index contributed by atoms with van der Waals surface area (Å²) >= 11 is 0. The highest BCUT2D eigenvalue weighted by molar-refractivity contribution is 5.62. The van der Waals surface area contributed by atoms with Gasteiger partial charge in [-0.2, -0.15) is 0 Å². The molecule has 0 fully saturated rings. The molecule has 6 nitrogen and oxygen atoms in total. The third kappa shape index (κ3) is 3.17. The first-order valence-electron chi connectivity index (χ1n) is 6.11. The predicted octanol–water partition coefficient (Wildman–Crippen LogP) is 1.93. The highest BCUT2D eigenvalue weighted by atomic mass is 19.3. The second-order valence-electron chi connectivity index (χ2n) is 4.38. The summed E-state index contributed by atoms with van der Waals surface area (Å²) in [4.78, 5) is 7.30. The Labute approximate surface area is 127 Å². The molecule has 0 amide bonds. The number of anilines is 1. The zero-order valence-electron chi connectivity index (χ0n) is 11.6. The van der Waals surface area contributed by atoms with E-state index in [0.29, 0.717) is 12.1 Å². The van der Waals surface area contributed by atoms with Crippen LogP contribution in [0.1, 0.15) is 24.0 Å². The van der Waals surface area contributed by atoms with Crippen molar-refractivity contribution in [3.8, 4) is 17.1 Å². The number of nitrogen functional groups attached to an aromatic ring is 1. The number of hydrogen-bond acceptors (Lipinski definition) is 6. The van der Waals surface area contributed by atoms with E-state index in [-0.39, 0.29) is 11.6 Å². The third-order valence-corrected chi connectivity index (χ3v) is 2.93. The minimum atomic E-state index is -3.20. The van der Waals surface area contributed by atoms with E-state index in [2.05, 4.69) is 9.97 Å². The number of aliphatic hydroxyl groups excluding tert-OH is 1. The minimum absolute atomic E-state index is 0.256. The van der Waals surface area contributed by atoms with Crippen LogP contribution in [0, 0.1) is 11.6 Å². The first-order chi connectivity index (χ1) is 10.8. The van der Waals surface area contributed by atoms with Crippen LogP contribution in [0.25, 0.3) is 11.4 Å². The fraction of sp³-hybridized carbons (Fsp3) is 0.231. The van der Waals surface area contributed by atoms with E-state index in [4.69, 9.17) is 10.5 Å². The lowest BCUT2D eigenvalue weighted by Gasteiger charge is -2.13. The van der Waals surface area contributed by atoms with Gasteiger partial charge >= 0.3 is 0 Å². The first-order valence-corrected chi connectivity index (χ1v) is 6.11. The molecule has 0 spiro atoms. The topological polar surface area (TPSA) is 101 Å². The third-order valence-electron chi connectivity index (χ3n) is 2.93. The van der Waals surface area contributed by atoms with Gasteiger partial charge in [0.2, 0.25) is 0 Å². The molecule has 0 bridgehead atoms. The van der Waals surface area contributed by atoms with Crippen molar-refractivity contribution in [2.45, 2.75) is 12.7 Å². The fourth-order valence-electron chi connectivity index (χ4n) is 1.89. The minimum Gasteiger partial charge on any atom is -0.491 e. The molecule has 1 aromatic carbocycles. The van der Waals surface area contributed by atoms with Gasteiger partial charge in [0.15, 0.2) is 23.7 Å². The molecule has 0 unspecified atom stereocenters. The summed E-state index contributed by atoms with van der Waals surface area (Å²) in [5.74, 6) is -3.71. The van der Waals surface area contributed by atoms with E-state index >= 15 is 0 Å². The standard InChI is InChI=1S/C13H11F4N3O3/c1-23-9-8(13(21)22)19-12(20-11(9)18)5-3-6(14)4(10(16)17)2-7(5)15/h2-3,10,13,21-22H,1H3,(H2,18,19,20). The average molecular weight is 333 g/mol. The molecule has 0 aliphatic heterocycles. The van der Waals surface area contributed by atoms with Gasteiger partial charge in [-0.05, 0) is 12.1 Å². The van der Waals surface area contributed by atoms with Gasteiger partial charge in [0, 0.05) is 0 Å². The van der Waals surface area contributed by atoms with Gasteiger partial charge in [0.1, 0.15) is 17.3 Å². The number of rotatable bonds is 4. The lowest BCUT2D eigenvalue weighted by molar-refractivity contribution is -0.0473. The van der Waals surface area contributed by atoms with E-state index in [1.54, 1.807) is 0 Å². The Hall–Kier alpha value is -2.46. The molecule has 0 saturated heterocycles. The number of aromatic nitrogens is 2. The van der Waals surface area contributed by atoms with Gasteiger partial charge < -0.3 is 20.7 Å². The van der Waals surface area contributed by atoms with Crippen LogP contribution in [0.5, 0.6) is 5.75 Å². The molecule has 0 atom stereocenters. The van der Waals surface area contributed by atoms with Gasteiger partial charge in [0.05, 0.1) is 18.2 Å². The molecule has 23 heavy (non-hydrogen) atoms. The van der Waals surface area contributed by atoms with Crippen LogP contribution >= 0.6 is 0 Å². The van der Waals surface area contributed by atoms with Crippen molar-refractivity contribution in [2.24, 2.45) is 0 Å². The van der Waals surface area contributed by atoms with Crippen molar-refractivity contribution in [1.82, 2.24) is 9.97 Å². The molecular formula is C13H11F4N3O3. The van der Waals surface area contributed by atoms with Crippen LogP contribution in [0.4, 0.5) is 23.4 Å². The van der Waals surface area contributed by atoms with Crippen molar-refractivity contribution < 1.29 is 32.5 Å². The van der Waals surface area contributed by atoms with E-state index in [0.717, 1.165) is 7.11 Å². The van der Waals surface area contributed by atoms with E-state index < -0.39 is 47.0 Å². The molecule has 0 radical (unpaired) electrons. The van der Waals surface area contributed by atoms with Gasteiger partial charge in [-0.3, -0.25) is 0 Å². The van der Waals surface area contributed by atoms with Crippen LogP contribution in [-0.4, -0.2) is 27.3 Å². The van der Waals surface area contributed by atoms with Crippen LogP contribution in [0.3, 0.4) is 0 Å². The summed E-state index contributed by atoms with van der Waals surface area (Å²) in [6.45, 7) is 0. The van der Waals surface area contributed by atoms with Crippen LogP contribution < -0.4 is 10.5 Å². The summed E-state index contributed by atoms with van der Waals surface area (Å²) in [6, 6.07) is 0.791. The van der Waals surface area contributed by atoms with E-state index in [9.17, 15) is 27.8 Å². The van der Waals surface area contributed by atoms with Gasteiger partial charge in [-0.15, -0.1) is 0 Å². The number of halogens is 4. The number of nitrogens with zero attached hydrogens (tertiary/aromatic N) is 2. The zero-order chi connectivity index (χ0) is 17.3. The highest BCUT2D eigenvalue weighted by Crippen LogP contribution is 2.33. The Bertz CT molecular complexity index is 741. The molecule has 1 heterocycles. The molecule has 2 aromatic rings. The molecule has 1 aromatic heterocycles. The van der Waals surface area contributed by atoms with Crippen molar-refractivity contribution in [2.75, 3.05) is 12.8 Å². The largest absolute Gasteiger partial charge is 0.491 e. The summed E-state index contributed by atoms with van der Waals surface area (Å²) in [6.07, 6.45) is -5.32. The lowest BCUT2D eigenvalue weighted by Crippen LogP contribution is -2.09. The zero-order valence-corrected chi connectivity index (χ0v) is 11.6. The number of ether oxygens (including phenoxy) is 1. The van der Waals surface area contributed by atoms with Crippen LogP contribution in [0.2, 0.25) is 0 Å². The maximum absolute atomic E-state index is 13.9.